The van der Waals surface area contributed by atoms with Crippen molar-refractivity contribution in [1.82, 2.24) is 0 Å². The third-order valence-electron chi connectivity index (χ3n) is 4.90. The van der Waals surface area contributed by atoms with Crippen LogP contribution in [-0.4, -0.2) is 76.0 Å². The van der Waals surface area contributed by atoms with Gasteiger partial charge in [-0.05, 0) is 59.7 Å². The van der Waals surface area contributed by atoms with Gasteiger partial charge in [-0.2, -0.15) is 0 Å². The van der Waals surface area contributed by atoms with E-state index >= 15 is 0 Å². The summed E-state index contributed by atoms with van der Waals surface area (Å²) < 4.78 is 54.8. The zero-order chi connectivity index (χ0) is 24.0. The van der Waals surface area contributed by atoms with Crippen LogP contribution in [0.5, 0.6) is 0 Å². The molecule has 4 rings (SSSR count). The first-order valence-corrected chi connectivity index (χ1v) is 13.3. The number of anilines is 2. The van der Waals surface area contributed by atoms with Crippen LogP contribution < -0.4 is 9.44 Å². The number of rotatable bonds is 8. The van der Waals surface area contributed by atoms with Gasteiger partial charge in [-0.1, -0.05) is 72.8 Å². The van der Waals surface area contributed by atoms with Crippen LogP contribution in [0.4, 0.5) is 11.4 Å². The number of sulfonamides is 2. The third kappa shape index (κ3) is 8.33. The number of hydrogen-bond acceptors (Lipinski definition) is 4. The molecular formula is C26H24N2Na2O4S2. The third-order valence-corrected chi connectivity index (χ3v) is 7.70. The fourth-order valence-corrected chi connectivity index (χ4v) is 5.30. The van der Waals surface area contributed by atoms with Crippen LogP contribution in [0.2, 0.25) is 0 Å². The molecule has 0 aliphatic rings. The fraction of sp³-hybridized carbons (Fsp3) is 0. The number of benzene rings is 4. The molecular weight excluding hydrogens is 514 g/mol. The van der Waals surface area contributed by atoms with E-state index in [0.717, 1.165) is 11.1 Å². The van der Waals surface area contributed by atoms with Gasteiger partial charge >= 0.3 is 59.1 Å². The molecule has 0 aromatic heterocycles. The van der Waals surface area contributed by atoms with Crippen LogP contribution >= 0.6 is 0 Å². The molecule has 6 nitrogen and oxygen atoms in total. The maximum absolute atomic E-state index is 12.4. The second-order valence-corrected chi connectivity index (χ2v) is 10.8. The standard InChI is InChI=1S/C26H22N2O4S2.2Na.2H/c29-33(30,25-7-3-1-4-8-25)27-23-17-13-21(14-18-23)11-12-22-15-19-24(20-16-22)28-34(31,32)26-9-5-2-6-10-26;;;;/h1-20,27-28H;;;;. The Morgan fingerprint density at radius 2 is 0.750 bits per heavy atom. The summed E-state index contributed by atoms with van der Waals surface area (Å²) in [6.45, 7) is 0. The minimum absolute atomic E-state index is 0. The average molecular weight is 539 g/mol. The molecule has 0 fully saturated rings. The van der Waals surface area contributed by atoms with E-state index in [1.54, 1.807) is 60.7 Å². The first-order chi connectivity index (χ1) is 16.3. The van der Waals surface area contributed by atoms with Gasteiger partial charge in [-0.3, -0.25) is 9.44 Å². The molecule has 0 aliphatic carbocycles. The molecule has 0 unspecified atom stereocenters. The van der Waals surface area contributed by atoms with Crippen molar-refractivity contribution < 1.29 is 16.8 Å². The Balaban J connectivity index is 0.00000228. The fourth-order valence-electron chi connectivity index (χ4n) is 3.14. The minimum atomic E-state index is -3.63. The summed E-state index contributed by atoms with van der Waals surface area (Å²) in [6.07, 6.45) is 3.78. The van der Waals surface area contributed by atoms with Crippen molar-refractivity contribution in [2.45, 2.75) is 9.79 Å². The van der Waals surface area contributed by atoms with Crippen molar-refractivity contribution in [2.24, 2.45) is 0 Å². The Hall–Kier alpha value is -1.88. The molecule has 0 aliphatic heterocycles. The average Bonchev–Trinajstić information content (AvgIpc) is 2.85. The topological polar surface area (TPSA) is 92.3 Å². The van der Waals surface area contributed by atoms with Crippen molar-refractivity contribution >= 4 is 103 Å². The summed E-state index contributed by atoms with van der Waals surface area (Å²) in [4.78, 5) is 0.405. The van der Waals surface area contributed by atoms with E-state index in [9.17, 15) is 16.8 Å². The molecule has 176 valence electrons. The van der Waals surface area contributed by atoms with Crippen LogP contribution in [0.1, 0.15) is 11.1 Å². The Bertz CT molecular complexity index is 1380. The molecule has 0 amide bonds. The summed E-state index contributed by atoms with van der Waals surface area (Å²) >= 11 is 0. The molecule has 0 saturated carbocycles. The van der Waals surface area contributed by atoms with Gasteiger partial charge in [0.15, 0.2) is 0 Å². The van der Waals surface area contributed by atoms with Crippen LogP contribution in [-0.2, 0) is 20.0 Å². The van der Waals surface area contributed by atoms with Crippen molar-refractivity contribution in [3.05, 3.63) is 120 Å². The Morgan fingerprint density at radius 3 is 1.06 bits per heavy atom. The second kappa shape index (κ2) is 13.6. The summed E-state index contributed by atoms with van der Waals surface area (Å²) in [5.74, 6) is 0. The molecule has 0 radical (unpaired) electrons. The van der Waals surface area contributed by atoms with Gasteiger partial charge in [0.05, 0.1) is 9.79 Å². The summed E-state index contributed by atoms with van der Waals surface area (Å²) in [6, 6.07) is 30.4. The van der Waals surface area contributed by atoms with E-state index < -0.39 is 20.0 Å². The number of nitrogens with one attached hydrogen (secondary N) is 2. The predicted octanol–water partition coefficient (Wildman–Crippen LogP) is 4.16. The van der Waals surface area contributed by atoms with E-state index in [4.69, 9.17) is 0 Å². The molecule has 4 aromatic rings. The number of hydrogen-bond donors (Lipinski definition) is 2. The van der Waals surface area contributed by atoms with E-state index in [0.29, 0.717) is 11.4 Å². The van der Waals surface area contributed by atoms with Crippen molar-refractivity contribution in [2.75, 3.05) is 9.44 Å². The Kier molecular flexibility index (Phi) is 11.5. The zero-order valence-corrected chi connectivity index (χ0v) is 19.6. The van der Waals surface area contributed by atoms with Crippen LogP contribution in [0, 0.1) is 0 Å². The van der Waals surface area contributed by atoms with Crippen molar-refractivity contribution in [3.8, 4) is 0 Å². The van der Waals surface area contributed by atoms with Gasteiger partial charge in [0.25, 0.3) is 20.0 Å². The van der Waals surface area contributed by atoms with Gasteiger partial charge in [0, 0.05) is 11.4 Å². The monoisotopic (exact) mass is 538 g/mol. The van der Waals surface area contributed by atoms with Gasteiger partial charge in [0.1, 0.15) is 0 Å². The molecule has 2 N–H and O–H groups in total. The first kappa shape index (κ1) is 30.3. The molecule has 0 bridgehead atoms. The Morgan fingerprint density at radius 1 is 0.444 bits per heavy atom. The first-order valence-electron chi connectivity index (χ1n) is 10.4. The zero-order valence-electron chi connectivity index (χ0n) is 18.0. The van der Waals surface area contributed by atoms with Gasteiger partial charge in [-0.25, -0.2) is 16.8 Å². The molecule has 0 atom stereocenters. The van der Waals surface area contributed by atoms with Gasteiger partial charge in [0.2, 0.25) is 0 Å². The normalized spacial score (nSPS) is 11.2. The molecule has 36 heavy (non-hydrogen) atoms. The quantitative estimate of drug-likeness (QED) is 0.260. The van der Waals surface area contributed by atoms with Crippen molar-refractivity contribution in [1.29, 1.82) is 0 Å². The summed E-state index contributed by atoms with van der Waals surface area (Å²) in [5.41, 5.74) is 2.71. The summed E-state index contributed by atoms with van der Waals surface area (Å²) in [7, 11) is -7.27. The molecule has 4 aromatic carbocycles. The molecule has 0 heterocycles. The van der Waals surface area contributed by atoms with Crippen molar-refractivity contribution in [3.63, 3.8) is 0 Å². The van der Waals surface area contributed by atoms with Gasteiger partial charge < -0.3 is 0 Å². The predicted molar refractivity (Wildman–Crippen MR) is 151 cm³/mol. The van der Waals surface area contributed by atoms with E-state index in [-0.39, 0.29) is 68.9 Å². The van der Waals surface area contributed by atoms with E-state index in [1.807, 2.05) is 36.4 Å². The SMILES string of the molecule is O=S(=O)(Nc1ccc(C=Cc2ccc(NS(=O)(=O)c3ccccc3)cc2)cc1)c1ccccc1.[NaH].[NaH]. The molecule has 0 spiro atoms. The molecule has 0 saturated heterocycles. The van der Waals surface area contributed by atoms with Gasteiger partial charge in [-0.15, -0.1) is 0 Å². The Labute approximate surface area is 256 Å². The van der Waals surface area contributed by atoms with Crippen LogP contribution in [0.15, 0.2) is 119 Å². The van der Waals surface area contributed by atoms with Crippen LogP contribution in [0.25, 0.3) is 12.2 Å². The maximum atomic E-state index is 12.4. The summed E-state index contributed by atoms with van der Waals surface area (Å²) in [5, 5.41) is 0. The molecule has 10 heteroatoms. The van der Waals surface area contributed by atoms with E-state index in [1.165, 1.54) is 24.3 Å². The second-order valence-electron chi connectivity index (χ2n) is 7.41. The van der Waals surface area contributed by atoms with E-state index in [2.05, 4.69) is 9.44 Å². The van der Waals surface area contributed by atoms with Crippen LogP contribution in [0.3, 0.4) is 0 Å².